The van der Waals surface area contributed by atoms with Gasteiger partial charge in [0.25, 0.3) is 10.1 Å². The highest BCUT2D eigenvalue weighted by Crippen LogP contribution is 2.11. The molecule has 1 unspecified atom stereocenters. The van der Waals surface area contributed by atoms with E-state index >= 15 is 0 Å². The van der Waals surface area contributed by atoms with Gasteiger partial charge in [-0.15, -0.1) is 0 Å². The molecule has 0 aliphatic heterocycles. The first-order valence-electron chi connectivity index (χ1n) is 3.55. The lowest BCUT2D eigenvalue weighted by Crippen LogP contribution is -2.33. The van der Waals surface area contributed by atoms with Crippen LogP contribution in [0.3, 0.4) is 0 Å². The highest BCUT2D eigenvalue weighted by atomic mass is 32.2. The molecule has 74 valence electrons. The summed E-state index contributed by atoms with van der Waals surface area (Å²) in [6.45, 7) is 0. The Kier molecular flexibility index (Phi) is 2.73. The average molecular weight is 214 g/mol. The third-order valence-corrected chi connectivity index (χ3v) is 2.80. The number of rotatable bonds is 1. The molecule has 0 radical (unpaired) electrons. The molecule has 14 heavy (non-hydrogen) atoms. The second-order valence-electron chi connectivity index (χ2n) is 2.65. The van der Waals surface area contributed by atoms with Crippen LogP contribution in [0, 0.1) is 0 Å². The van der Waals surface area contributed by atoms with Crippen molar-refractivity contribution in [1.29, 1.82) is 0 Å². The van der Waals surface area contributed by atoms with Gasteiger partial charge in [-0.3, -0.25) is 4.55 Å². The molecule has 0 saturated carbocycles. The fraction of sp³-hybridized carbons (Fsp3) is 0.333. The van der Waals surface area contributed by atoms with Crippen molar-refractivity contribution in [2.75, 3.05) is 0 Å². The van der Waals surface area contributed by atoms with Crippen molar-refractivity contribution in [2.24, 2.45) is 0 Å². The smallest absolute Gasteiger partial charge is 0.304 e. The van der Waals surface area contributed by atoms with Gasteiger partial charge in [0.15, 0.2) is 0 Å². The zero-order valence-electron chi connectivity index (χ0n) is 6.90. The number of allylic oxidation sites excluding steroid dienone is 1. The van der Waals surface area contributed by atoms with Crippen molar-refractivity contribution in [3.63, 3.8) is 0 Å². The lowest BCUT2D eigenvalue weighted by Gasteiger charge is -2.05. The molecule has 0 bridgehead atoms. The van der Waals surface area contributed by atoms with Crippen LogP contribution in [0.1, 0.15) is 6.42 Å². The Morgan fingerprint density at radius 3 is 2.50 bits per heavy atom. The molecule has 0 saturated heterocycles. The van der Waals surface area contributed by atoms with Crippen molar-refractivity contribution in [2.45, 2.75) is 11.7 Å². The van der Waals surface area contributed by atoms with E-state index in [0.717, 1.165) is 6.08 Å². The van der Waals surface area contributed by atoms with Gasteiger partial charge in [-0.1, -0.05) is 0 Å². The molecular formula is C6H6N4O3S. The monoisotopic (exact) mass is 214 g/mol. The largest absolute Gasteiger partial charge is 0.362 e. The fourth-order valence-corrected chi connectivity index (χ4v) is 1.84. The third kappa shape index (κ3) is 2.01. The summed E-state index contributed by atoms with van der Waals surface area (Å²) in [5.41, 5.74) is 16.8. The molecule has 0 fully saturated rings. The van der Waals surface area contributed by atoms with E-state index in [9.17, 15) is 8.42 Å². The van der Waals surface area contributed by atoms with Crippen LogP contribution in [0.5, 0.6) is 0 Å². The molecule has 1 aliphatic carbocycles. The van der Waals surface area contributed by atoms with Crippen LogP contribution in [-0.2, 0) is 10.1 Å². The molecule has 1 N–H and O–H groups in total. The van der Waals surface area contributed by atoms with Crippen LogP contribution in [0.15, 0.2) is 12.2 Å². The molecule has 0 aromatic rings. The highest BCUT2D eigenvalue weighted by Gasteiger charge is 2.38. The molecule has 1 rings (SSSR count). The molecule has 1 atom stereocenters. The van der Waals surface area contributed by atoms with Gasteiger partial charge in [-0.05, 0) is 6.08 Å². The number of hydrogen-bond donors (Lipinski definition) is 1. The van der Waals surface area contributed by atoms with Crippen molar-refractivity contribution in [3.05, 3.63) is 23.2 Å². The van der Waals surface area contributed by atoms with E-state index < -0.39 is 15.4 Å². The lowest BCUT2D eigenvalue weighted by atomic mass is 10.0. The van der Waals surface area contributed by atoms with E-state index in [1.165, 1.54) is 6.08 Å². The molecule has 0 heterocycles. The van der Waals surface area contributed by atoms with Crippen molar-refractivity contribution in [1.82, 2.24) is 0 Å². The van der Waals surface area contributed by atoms with Gasteiger partial charge in [0.05, 0.1) is 0 Å². The predicted molar refractivity (Wildman–Crippen MR) is 46.3 cm³/mol. The minimum absolute atomic E-state index is 0.131. The quantitative estimate of drug-likeness (QED) is 0.360. The maximum Gasteiger partial charge on any atom is 0.304 e. The summed E-state index contributed by atoms with van der Waals surface area (Å²) in [7, 11) is -4.33. The molecule has 0 aromatic heterocycles. The summed E-state index contributed by atoms with van der Waals surface area (Å²) < 4.78 is 30.3. The van der Waals surface area contributed by atoms with E-state index in [-0.39, 0.29) is 17.8 Å². The Hall–Kier alpha value is -1.59. The SMILES string of the molecule is [N-]=[N+]=C1C=CC(S(=O)(=O)O)C(=[N+]=[N-])C1. The van der Waals surface area contributed by atoms with E-state index in [1.54, 1.807) is 0 Å². The van der Waals surface area contributed by atoms with Gasteiger partial charge in [-0.2, -0.15) is 18.0 Å². The second kappa shape index (κ2) is 3.65. The van der Waals surface area contributed by atoms with Gasteiger partial charge in [0, 0.05) is 6.08 Å². The van der Waals surface area contributed by atoms with Crippen LogP contribution in [-0.4, -0.2) is 39.2 Å². The van der Waals surface area contributed by atoms with Gasteiger partial charge in [0.2, 0.25) is 5.25 Å². The standard InChI is InChI=1S/C6H6N4O3S/c7-9-4-1-2-6(14(11,12)13)5(3-4)10-8/h1-2,6H,3H2,(H,11,12,13). The summed E-state index contributed by atoms with van der Waals surface area (Å²) in [5.74, 6) is 0. The molecule has 0 spiro atoms. The van der Waals surface area contributed by atoms with Gasteiger partial charge < -0.3 is 11.1 Å². The Balaban J connectivity index is 3.25. The van der Waals surface area contributed by atoms with Crippen LogP contribution in [0.2, 0.25) is 0 Å². The number of nitrogens with zero attached hydrogens (tertiary/aromatic N) is 4. The Morgan fingerprint density at radius 2 is 2.07 bits per heavy atom. The van der Waals surface area contributed by atoms with Gasteiger partial charge in [-0.25, -0.2) is 0 Å². The predicted octanol–water partition coefficient (Wildman–Crippen LogP) is -0.456. The maximum absolute atomic E-state index is 10.8. The summed E-state index contributed by atoms with van der Waals surface area (Å²) in [6.07, 6.45) is 2.17. The van der Waals surface area contributed by atoms with Crippen LogP contribution >= 0.6 is 0 Å². The Bertz CT molecular complexity index is 479. The van der Waals surface area contributed by atoms with Crippen LogP contribution < -0.4 is 0 Å². The zero-order chi connectivity index (χ0) is 10.8. The summed E-state index contributed by atoms with van der Waals surface area (Å²) >= 11 is 0. The lowest BCUT2D eigenvalue weighted by molar-refractivity contribution is -0.0174. The first-order chi connectivity index (χ1) is 6.49. The first-order valence-corrected chi connectivity index (χ1v) is 5.05. The highest BCUT2D eigenvalue weighted by molar-refractivity contribution is 7.87. The van der Waals surface area contributed by atoms with E-state index in [4.69, 9.17) is 15.6 Å². The number of hydrogen-bond acceptors (Lipinski definition) is 2. The topological polar surface area (TPSA) is 127 Å². The molecule has 0 amide bonds. The van der Waals surface area contributed by atoms with Crippen LogP contribution in [0.25, 0.3) is 11.1 Å². The van der Waals surface area contributed by atoms with E-state index in [2.05, 4.69) is 9.58 Å². The summed E-state index contributed by atoms with van der Waals surface area (Å²) in [5, 5.41) is -1.38. The minimum atomic E-state index is -4.33. The fourth-order valence-electron chi connectivity index (χ4n) is 1.09. The summed E-state index contributed by atoms with van der Waals surface area (Å²) in [4.78, 5) is 5.55. The average Bonchev–Trinajstić information content (AvgIpc) is 2.15. The Labute approximate surface area is 79.7 Å². The summed E-state index contributed by atoms with van der Waals surface area (Å²) in [6, 6.07) is 0. The normalized spacial score (nSPS) is 21.6. The van der Waals surface area contributed by atoms with Gasteiger partial charge in [0.1, 0.15) is 6.42 Å². The van der Waals surface area contributed by atoms with Gasteiger partial charge >= 0.3 is 11.4 Å². The maximum atomic E-state index is 10.8. The van der Waals surface area contributed by atoms with E-state index in [1.807, 2.05) is 0 Å². The molecule has 8 heteroatoms. The molecule has 0 aromatic carbocycles. The first kappa shape index (κ1) is 10.5. The minimum Gasteiger partial charge on any atom is -0.362 e. The molecule has 1 aliphatic rings. The van der Waals surface area contributed by atoms with Crippen LogP contribution in [0.4, 0.5) is 0 Å². The van der Waals surface area contributed by atoms with Crippen molar-refractivity contribution >= 4 is 21.5 Å². The van der Waals surface area contributed by atoms with Crippen molar-refractivity contribution in [3.8, 4) is 0 Å². The third-order valence-electron chi connectivity index (χ3n) is 1.73. The van der Waals surface area contributed by atoms with E-state index in [0.29, 0.717) is 0 Å². The molecule has 7 nitrogen and oxygen atoms in total. The molecular weight excluding hydrogens is 208 g/mol. The van der Waals surface area contributed by atoms with Crippen molar-refractivity contribution < 1.29 is 22.6 Å². The zero-order valence-corrected chi connectivity index (χ0v) is 7.72. The Morgan fingerprint density at radius 1 is 1.43 bits per heavy atom. The second-order valence-corrected chi connectivity index (χ2v) is 4.19.